The van der Waals surface area contributed by atoms with E-state index in [0.717, 1.165) is 30.1 Å². The van der Waals surface area contributed by atoms with Crippen LogP contribution in [0.1, 0.15) is 50.5 Å². The number of carbonyl (C=O) groups is 1. The van der Waals surface area contributed by atoms with Crippen molar-refractivity contribution in [2.75, 3.05) is 51.5 Å². The summed E-state index contributed by atoms with van der Waals surface area (Å²) in [7, 11) is 1.67. The molecule has 0 atom stereocenters. The van der Waals surface area contributed by atoms with Crippen molar-refractivity contribution < 1.29 is 23.7 Å². The van der Waals surface area contributed by atoms with Crippen molar-refractivity contribution >= 4 is 23.1 Å². The van der Waals surface area contributed by atoms with E-state index in [4.69, 9.17) is 30.5 Å². The molecule has 0 saturated carbocycles. The van der Waals surface area contributed by atoms with Crippen LogP contribution in [0.15, 0.2) is 24.3 Å². The van der Waals surface area contributed by atoms with E-state index in [2.05, 4.69) is 41.1 Å². The summed E-state index contributed by atoms with van der Waals surface area (Å²) in [5, 5.41) is 13.0. The molecular formula is C28H36ClN5O5. The molecule has 1 saturated heterocycles. The van der Waals surface area contributed by atoms with Gasteiger partial charge in [0.05, 0.1) is 44.2 Å². The quantitative estimate of drug-likeness (QED) is 0.325. The molecule has 1 fully saturated rings. The van der Waals surface area contributed by atoms with Crippen molar-refractivity contribution in [1.82, 2.24) is 20.2 Å². The topological polar surface area (TPSA) is 101 Å². The Kier molecular flexibility index (Phi) is 8.97. The molecule has 1 aromatic heterocycles. The molecule has 39 heavy (non-hydrogen) atoms. The molecule has 10 nitrogen and oxygen atoms in total. The fourth-order valence-corrected chi connectivity index (χ4v) is 4.78. The van der Waals surface area contributed by atoms with Crippen LogP contribution < -0.4 is 19.1 Å². The summed E-state index contributed by atoms with van der Waals surface area (Å²) in [6.07, 6.45) is 0. The van der Waals surface area contributed by atoms with Gasteiger partial charge in [0.15, 0.2) is 17.3 Å². The number of carbonyl (C=O) groups excluding carboxylic acids is 1. The fraction of sp³-hybridized carbons (Fsp3) is 0.500. The summed E-state index contributed by atoms with van der Waals surface area (Å²) in [5.74, 6) is 1.89. The average Bonchev–Trinajstić information content (AvgIpc) is 3.38. The van der Waals surface area contributed by atoms with Gasteiger partial charge in [-0.1, -0.05) is 32.4 Å². The summed E-state index contributed by atoms with van der Waals surface area (Å²) >= 11 is 6.64. The Labute approximate surface area is 234 Å². The third kappa shape index (κ3) is 6.28. The highest BCUT2D eigenvalue weighted by Crippen LogP contribution is 2.42. The van der Waals surface area contributed by atoms with Gasteiger partial charge in [0, 0.05) is 29.8 Å². The molecule has 0 unspecified atom stereocenters. The van der Waals surface area contributed by atoms with E-state index in [9.17, 15) is 4.79 Å². The summed E-state index contributed by atoms with van der Waals surface area (Å²) in [5.41, 5.74) is 2.68. The average molecular weight is 558 g/mol. The molecule has 0 bridgehead atoms. The van der Waals surface area contributed by atoms with Gasteiger partial charge in [0.25, 0.3) is 0 Å². The number of nitrogens with zero attached hydrogens (tertiary/aromatic N) is 5. The predicted octanol–water partition coefficient (Wildman–Crippen LogP) is 4.82. The number of benzene rings is 2. The van der Waals surface area contributed by atoms with Crippen LogP contribution in [0.3, 0.4) is 0 Å². The first kappa shape index (κ1) is 28.6. The number of aromatic nitrogens is 4. The molecule has 210 valence electrons. The predicted molar refractivity (Wildman–Crippen MR) is 150 cm³/mol. The molecule has 3 aromatic rings. The second-order valence-corrected chi connectivity index (χ2v) is 10.5. The number of ether oxygens (including phenoxy) is 4. The van der Waals surface area contributed by atoms with E-state index >= 15 is 0 Å². The number of halogens is 1. The number of tetrazole rings is 1. The first-order valence-electron chi connectivity index (χ1n) is 13.1. The second-order valence-electron chi connectivity index (χ2n) is 10.1. The van der Waals surface area contributed by atoms with Gasteiger partial charge >= 0.3 is 0 Å². The molecule has 1 aliphatic rings. The molecule has 0 spiro atoms. The van der Waals surface area contributed by atoms with Crippen molar-refractivity contribution in [1.29, 1.82) is 0 Å². The van der Waals surface area contributed by atoms with Gasteiger partial charge in [0.1, 0.15) is 12.3 Å². The maximum Gasteiger partial charge on any atom is 0.206 e. The van der Waals surface area contributed by atoms with Crippen molar-refractivity contribution in [3.05, 3.63) is 40.4 Å². The number of hydrogen-bond donors (Lipinski definition) is 0. The number of morpholine rings is 1. The van der Waals surface area contributed by atoms with Gasteiger partial charge in [-0.05, 0) is 48.7 Å². The lowest BCUT2D eigenvalue weighted by molar-refractivity contribution is 0.0961. The van der Waals surface area contributed by atoms with Crippen molar-refractivity contribution in [2.45, 2.75) is 46.6 Å². The van der Waals surface area contributed by atoms with E-state index in [1.807, 2.05) is 26.0 Å². The molecule has 11 heteroatoms. The first-order valence-corrected chi connectivity index (χ1v) is 13.5. The van der Waals surface area contributed by atoms with E-state index in [0.29, 0.717) is 54.1 Å². The SMILES string of the molecule is CCOc1ccc(-c2nnn(CC(=O)c3cc(N4CCOCC4)c(OC)c(C(C)(C)C)c3)n2)c(Cl)c1OCC. The van der Waals surface area contributed by atoms with Gasteiger partial charge in [-0.2, -0.15) is 4.80 Å². The zero-order valence-corrected chi connectivity index (χ0v) is 24.2. The highest BCUT2D eigenvalue weighted by molar-refractivity contribution is 6.35. The highest BCUT2D eigenvalue weighted by atomic mass is 35.5. The van der Waals surface area contributed by atoms with E-state index in [1.54, 1.807) is 19.2 Å². The van der Waals surface area contributed by atoms with Crippen molar-refractivity contribution in [3.8, 4) is 28.6 Å². The molecule has 2 aromatic carbocycles. The lowest BCUT2D eigenvalue weighted by Gasteiger charge is -2.33. The monoisotopic (exact) mass is 557 g/mol. The highest BCUT2D eigenvalue weighted by Gasteiger charge is 2.27. The molecule has 1 aliphatic heterocycles. The summed E-state index contributed by atoms with van der Waals surface area (Å²) in [6, 6.07) is 7.31. The maximum atomic E-state index is 13.5. The fourth-order valence-electron chi connectivity index (χ4n) is 4.48. The van der Waals surface area contributed by atoms with E-state index < -0.39 is 0 Å². The van der Waals surface area contributed by atoms with Crippen LogP contribution in [-0.2, 0) is 16.7 Å². The van der Waals surface area contributed by atoms with Gasteiger partial charge in [-0.15, -0.1) is 10.2 Å². The molecule has 0 amide bonds. The van der Waals surface area contributed by atoms with Crippen LogP contribution in [0, 0.1) is 0 Å². The zero-order valence-electron chi connectivity index (χ0n) is 23.4. The van der Waals surface area contributed by atoms with Gasteiger partial charge in [-0.25, -0.2) is 0 Å². The van der Waals surface area contributed by atoms with E-state index in [-0.39, 0.29) is 23.6 Å². The number of hydrogen-bond acceptors (Lipinski definition) is 9. The number of methoxy groups -OCH3 is 1. The Morgan fingerprint density at radius 1 is 1.08 bits per heavy atom. The summed E-state index contributed by atoms with van der Waals surface area (Å²) < 4.78 is 22.7. The number of rotatable bonds is 10. The Bertz CT molecular complexity index is 1310. The van der Waals surface area contributed by atoms with E-state index in [1.165, 1.54) is 4.80 Å². The maximum absolute atomic E-state index is 13.5. The van der Waals surface area contributed by atoms with Crippen LogP contribution in [0.25, 0.3) is 11.4 Å². The van der Waals surface area contributed by atoms with Crippen molar-refractivity contribution in [3.63, 3.8) is 0 Å². The Morgan fingerprint density at radius 3 is 2.44 bits per heavy atom. The molecule has 0 aliphatic carbocycles. The third-order valence-corrected chi connectivity index (χ3v) is 6.76. The molecular weight excluding hydrogens is 522 g/mol. The Morgan fingerprint density at radius 2 is 1.79 bits per heavy atom. The molecule has 2 heterocycles. The summed E-state index contributed by atoms with van der Waals surface area (Å²) in [6.45, 7) is 13.6. The number of ketones is 1. The Balaban J connectivity index is 1.65. The normalized spacial score (nSPS) is 13.9. The van der Waals surface area contributed by atoms with Crippen LogP contribution in [0.2, 0.25) is 5.02 Å². The minimum atomic E-state index is -0.246. The molecule has 0 N–H and O–H groups in total. The van der Waals surface area contributed by atoms with Gasteiger partial charge in [-0.3, -0.25) is 4.79 Å². The van der Waals surface area contributed by atoms with Crippen LogP contribution >= 0.6 is 11.6 Å². The number of Topliss-reactive ketones (excluding diaryl/α,β-unsaturated/α-hetero) is 1. The van der Waals surface area contributed by atoms with Crippen LogP contribution in [0.5, 0.6) is 17.2 Å². The standard InChI is InChI=1S/C28H36ClN5O5/c1-7-38-23-10-9-19(24(29)26(23)39-8-2)27-30-32-34(31-27)17-22(35)18-15-20(28(3,4)5)25(36-6)21(16-18)33-11-13-37-14-12-33/h9-10,15-16H,7-8,11-14,17H2,1-6H3. The second kappa shape index (κ2) is 12.2. The Hall–Kier alpha value is -3.37. The zero-order chi connectivity index (χ0) is 28.2. The van der Waals surface area contributed by atoms with Crippen molar-refractivity contribution in [2.24, 2.45) is 0 Å². The molecule has 4 rings (SSSR count). The summed E-state index contributed by atoms with van der Waals surface area (Å²) in [4.78, 5) is 17.0. The largest absolute Gasteiger partial charge is 0.494 e. The first-order chi connectivity index (χ1) is 18.7. The van der Waals surface area contributed by atoms with Crippen LogP contribution in [-0.4, -0.2) is 72.6 Å². The van der Waals surface area contributed by atoms with Crippen LogP contribution in [0.4, 0.5) is 5.69 Å². The molecule has 0 radical (unpaired) electrons. The van der Waals surface area contributed by atoms with Gasteiger partial charge < -0.3 is 23.8 Å². The smallest absolute Gasteiger partial charge is 0.206 e. The minimum Gasteiger partial charge on any atom is -0.494 e. The van der Waals surface area contributed by atoms with Gasteiger partial charge in [0.2, 0.25) is 5.82 Å². The third-order valence-electron chi connectivity index (χ3n) is 6.38. The minimum absolute atomic E-state index is 0.0849. The lowest BCUT2D eigenvalue weighted by Crippen LogP contribution is -2.37. The number of anilines is 1. The lowest BCUT2D eigenvalue weighted by atomic mass is 9.84.